The van der Waals surface area contributed by atoms with E-state index in [1.807, 2.05) is 45.2 Å². The molecule has 2 aromatic rings. The van der Waals surface area contributed by atoms with E-state index in [4.69, 9.17) is 9.47 Å². The second-order valence-corrected chi connectivity index (χ2v) is 7.97. The lowest BCUT2D eigenvalue weighted by Gasteiger charge is -2.29. The van der Waals surface area contributed by atoms with Crippen molar-refractivity contribution < 1.29 is 14.3 Å². The number of aryl methyl sites for hydroxylation is 1. The maximum Gasteiger partial charge on any atom is 0.323 e. The van der Waals surface area contributed by atoms with Crippen molar-refractivity contribution in [1.82, 2.24) is 14.7 Å². The molecule has 2 heterocycles. The number of benzene rings is 1. The van der Waals surface area contributed by atoms with E-state index in [9.17, 15) is 4.79 Å². The van der Waals surface area contributed by atoms with Crippen LogP contribution in [0.1, 0.15) is 43.9 Å². The van der Waals surface area contributed by atoms with Gasteiger partial charge in [-0.05, 0) is 38.8 Å². The Hall–Kier alpha value is -2.70. The first kappa shape index (κ1) is 17.7. The highest BCUT2D eigenvalue weighted by Gasteiger charge is 2.32. The molecule has 0 saturated heterocycles. The van der Waals surface area contributed by atoms with Gasteiger partial charge >= 0.3 is 6.03 Å². The van der Waals surface area contributed by atoms with E-state index >= 15 is 0 Å². The van der Waals surface area contributed by atoms with Gasteiger partial charge in [0, 0.05) is 30.7 Å². The van der Waals surface area contributed by atoms with Crippen LogP contribution in [-0.2, 0) is 13.6 Å². The minimum atomic E-state index is -0.513. The second-order valence-electron chi connectivity index (χ2n) is 7.97. The topological polar surface area (TPSA) is 68.6 Å². The van der Waals surface area contributed by atoms with Crippen LogP contribution in [0.15, 0.2) is 24.3 Å². The number of ether oxygens (including phenoxy) is 2. The second kappa shape index (κ2) is 6.48. The number of urea groups is 1. The van der Waals surface area contributed by atoms with E-state index < -0.39 is 5.60 Å². The Morgan fingerprint density at radius 1 is 1.33 bits per heavy atom. The fourth-order valence-electron chi connectivity index (χ4n) is 3.46. The molecule has 7 nitrogen and oxygen atoms in total. The van der Waals surface area contributed by atoms with E-state index in [0.717, 1.165) is 28.6 Å². The summed E-state index contributed by atoms with van der Waals surface area (Å²) in [6.45, 7) is 4.92. The standard InChI is InChI=1S/C20H26N4O3/c1-20(2)12-24(11-14-7-8-15(26-4)9-17(14)27-20)19(25)21-18-10-16(13-5-6-13)22-23(18)3/h7-10,13H,5-6,11-12H2,1-4H3,(H,21,25). The van der Waals surface area contributed by atoms with E-state index in [1.54, 1.807) is 16.7 Å². The highest BCUT2D eigenvalue weighted by atomic mass is 16.5. The van der Waals surface area contributed by atoms with Gasteiger partial charge < -0.3 is 14.4 Å². The summed E-state index contributed by atoms with van der Waals surface area (Å²) in [6.07, 6.45) is 2.37. The van der Waals surface area contributed by atoms with Crippen LogP contribution >= 0.6 is 0 Å². The molecular weight excluding hydrogens is 344 g/mol. The lowest BCUT2D eigenvalue weighted by atomic mass is 10.1. The number of hydrogen-bond donors (Lipinski definition) is 1. The van der Waals surface area contributed by atoms with Crippen LogP contribution in [0.3, 0.4) is 0 Å². The Morgan fingerprint density at radius 3 is 2.81 bits per heavy atom. The molecule has 144 valence electrons. The molecule has 1 fully saturated rings. The van der Waals surface area contributed by atoms with E-state index in [0.29, 0.717) is 19.0 Å². The van der Waals surface area contributed by atoms with Crippen LogP contribution in [-0.4, -0.2) is 40.0 Å². The number of hydrogen-bond acceptors (Lipinski definition) is 4. The van der Waals surface area contributed by atoms with E-state index in [-0.39, 0.29) is 6.03 Å². The lowest BCUT2D eigenvalue weighted by molar-refractivity contribution is 0.0832. The van der Waals surface area contributed by atoms with Crippen molar-refractivity contribution in [3.8, 4) is 11.5 Å². The fourth-order valence-corrected chi connectivity index (χ4v) is 3.46. The Bertz CT molecular complexity index is 870. The number of methoxy groups -OCH3 is 1. The van der Waals surface area contributed by atoms with Gasteiger partial charge in [-0.1, -0.05) is 0 Å². The summed E-state index contributed by atoms with van der Waals surface area (Å²) >= 11 is 0. The molecule has 1 aliphatic heterocycles. The van der Waals surface area contributed by atoms with E-state index in [1.165, 1.54) is 12.8 Å². The van der Waals surface area contributed by atoms with Crippen molar-refractivity contribution in [1.29, 1.82) is 0 Å². The molecule has 1 N–H and O–H groups in total. The third-order valence-electron chi connectivity index (χ3n) is 5.01. The van der Waals surface area contributed by atoms with Crippen molar-refractivity contribution >= 4 is 11.8 Å². The van der Waals surface area contributed by atoms with Crippen molar-refractivity contribution in [3.05, 3.63) is 35.5 Å². The molecule has 2 amide bonds. The number of anilines is 1. The average molecular weight is 370 g/mol. The number of rotatable bonds is 3. The number of nitrogens with zero attached hydrogens (tertiary/aromatic N) is 3. The number of aromatic nitrogens is 2. The van der Waals surface area contributed by atoms with Crippen molar-refractivity contribution in [3.63, 3.8) is 0 Å². The zero-order chi connectivity index (χ0) is 19.2. The first-order valence-electron chi connectivity index (χ1n) is 9.30. The van der Waals surface area contributed by atoms with Gasteiger partial charge in [0.1, 0.15) is 22.9 Å². The third-order valence-corrected chi connectivity index (χ3v) is 5.01. The summed E-state index contributed by atoms with van der Waals surface area (Å²) < 4.78 is 13.2. The predicted molar refractivity (Wildman–Crippen MR) is 102 cm³/mol. The zero-order valence-corrected chi connectivity index (χ0v) is 16.3. The molecule has 0 radical (unpaired) electrons. The van der Waals surface area contributed by atoms with Crippen LogP contribution in [0.2, 0.25) is 0 Å². The molecule has 0 spiro atoms. The first-order valence-corrected chi connectivity index (χ1v) is 9.30. The maximum atomic E-state index is 13.0. The van der Waals surface area contributed by atoms with Crippen LogP contribution in [0.25, 0.3) is 0 Å². The zero-order valence-electron chi connectivity index (χ0n) is 16.3. The van der Waals surface area contributed by atoms with Crippen LogP contribution in [0, 0.1) is 0 Å². The Morgan fingerprint density at radius 2 is 2.11 bits per heavy atom. The summed E-state index contributed by atoms with van der Waals surface area (Å²) in [5.74, 6) is 2.77. The molecule has 1 aromatic carbocycles. The fraction of sp³-hybridized carbons (Fsp3) is 0.500. The van der Waals surface area contributed by atoms with Crippen molar-refractivity contribution in [2.45, 2.75) is 44.8 Å². The summed E-state index contributed by atoms with van der Waals surface area (Å²) in [6, 6.07) is 7.54. The van der Waals surface area contributed by atoms with Gasteiger partial charge in [0.05, 0.1) is 25.9 Å². The molecule has 2 aliphatic rings. The number of nitrogens with one attached hydrogen (secondary N) is 1. The predicted octanol–water partition coefficient (Wildman–Crippen LogP) is 3.51. The largest absolute Gasteiger partial charge is 0.497 e. The molecule has 1 saturated carbocycles. The SMILES string of the molecule is COc1ccc2c(c1)OC(C)(C)CN(C(=O)Nc1cc(C3CC3)nn1C)C2. The Kier molecular flexibility index (Phi) is 4.25. The average Bonchev–Trinajstić information content (AvgIpc) is 3.41. The van der Waals surface area contributed by atoms with Gasteiger partial charge in [-0.2, -0.15) is 5.10 Å². The third kappa shape index (κ3) is 3.72. The highest BCUT2D eigenvalue weighted by Crippen LogP contribution is 2.40. The minimum absolute atomic E-state index is 0.152. The first-order chi connectivity index (χ1) is 12.8. The molecule has 7 heteroatoms. The molecule has 1 aliphatic carbocycles. The molecule has 0 atom stereocenters. The van der Waals surface area contributed by atoms with Gasteiger partial charge in [0.15, 0.2) is 0 Å². The number of fused-ring (bicyclic) bond motifs is 1. The van der Waals surface area contributed by atoms with Crippen LogP contribution < -0.4 is 14.8 Å². The molecule has 0 unspecified atom stereocenters. The summed E-state index contributed by atoms with van der Waals surface area (Å²) in [5.41, 5.74) is 1.51. The summed E-state index contributed by atoms with van der Waals surface area (Å²) in [5, 5.41) is 7.53. The number of amides is 2. The van der Waals surface area contributed by atoms with Crippen molar-refractivity contribution in [2.75, 3.05) is 19.0 Å². The minimum Gasteiger partial charge on any atom is -0.497 e. The molecular formula is C20H26N4O3. The number of carbonyl (C=O) groups is 1. The quantitative estimate of drug-likeness (QED) is 0.898. The lowest BCUT2D eigenvalue weighted by Crippen LogP contribution is -2.45. The monoisotopic (exact) mass is 370 g/mol. The van der Waals surface area contributed by atoms with Crippen molar-refractivity contribution in [2.24, 2.45) is 7.05 Å². The number of carbonyl (C=O) groups excluding carboxylic acids is 1. The van der Waals surface area contributed by atoms with Gasteiger partial charge in [0.2, 0.25) is 0 Å². The molecule has 27 heavy (non-hydrogen) atoms. The smallest absolute Gasteiger partial charge is 0.323 e. The Balaban J connectivity index is 1.55. The van der Waals surface area contributed by atoms with E-state index in [2.05, 4.69) is 10.4 Å². The Labute approximate surface area is 159 Å². The molecule has 0 bridgehead atoms. The molecule has 1 aromatic heterocycles. The van der Waals surface area contributed by atoms with Gasteiger partial charge in [-0.3, -0.25) is 10.00 Å². The normalized spacial score (nSPS) is 18.3. The van der Waals surface area contributed by atoms with Gasteiger partial charge in [-0.25, -0.2) is 4.79 Å². The summed E-state index contributed by atoms with van der Waals surface area (Å²) in [7, 11) is 3.49. The summed E-state index contributed by atoms with van der Waals surface area (Å²) in [4.78, 5) is 14.8. The van der Waals surface area contributed by atoms with Crippen LogP contribution in [0.5, 0.6) is 11.5 Å². The maximum absolute atomic E-state index is 13.0. The highest BCUT2D eigenvalue weighted by molar-refractivity contribution is 5.88. The molecule has 4 rings (SSSR count). The van der Waals surface area contributed by atoms with Crippen LogP contribution in [0.4, 0.5) is 10.6 Å². The van der Waals surface area contributed by atoms with Gasteiger partial charge in [0.25, 0.3) is 0 Å². The van der Waals surface area contributed by atoms with Gasteiger partial charge in [-0.15, -0.1) is 0 Å².